The second kappa shape index (κ2) is 3.16. The molecule has 0 unspecified atom stereocenters. The van der Waals surface area contributed by atoms with E-state index in [2.05, 4.69) is 6.07 Å². The lowest BCUT2D eigenvalue weighted by molar-refractivity contribution is -0.137. The highest BCUT2D eigenvalue weighted by atomic mass is 35.5. The van der Waals surface area contributed by atoms with Gasteiger partial charge in [-0.15, -0.1) is 0 Å². The van der Waals surface area contributed by atoms with E-state index in [9.17, 15) is 13.2 Å². The average molecular weight is 204 g/mol. The van der Waals surface area contributed by atoms with E-state index in [1.54, 1.807) is 0 Å². The Morgan fingerprint density at radius 2 is 2.08 bits per heavy atom. The Morgan fingerprint density at radius 1 is 1.46 bits per heavy atom. The lowest BCUT2D eigenvalue weighted by Crippen LogP contribution is -2.05. The molecule has 0 aliphatic heterocycles. The van der Waals surface area contributed by atoms with E-state index < -0.39 is 16.8 Å². The topological polar surface area (TPSA) is 23.8 Å². The Kier molecular flexibility index (Phi) is 2.36. The van der Waals surface area contributed by atoms with E-state index in [4.69, 9.17) is 16.9 Å². The van der Waals surface area contributed by atoms with Crippen molar-refractivity contribution in [1.82, 2.24) is 0 Å². The third kappa shape index (κ3) is 1.85. The van der Waals surface area contributed by atoms with Crippen molar-refractivity contribution in [3.8, 4) is 6.07 Å². The van der Waals surface area contributed by atoms with Gasteiger partial charge in [0.15, 0.2) is 0 Å². The summed E-state index contributed by atoms with van der Waals surface area (Å²) in [7, 11) is 0. The lowest BCUT2D eigenvalue weighted by atomic mass is 10.2. The van der Waals surface area contributed by atoms with E-state index in [0.29, 0.717) is 0 Å². The molecule has 0 radical (unpaired) electrons. The number of nitriles is 1. The van der Waals surface area contributed by atoms with Crippen LogP contribution in [0.3, 0.4) is 0 Å². The zero-order valence-corrected chi connectivity index (χ0v) is 6.79. The third-order valence-electron chi connectivity index (χ3n) is 1.27. The maximum atomic E-state index is 12.1. The van der Waals surface area contributed by atoms with Crippen LogP contribution in [0.4, 0.5) is 13.2 Å². The summed E-state index contributed by atoms with van der Waals surface area (Å²) < 4.78 is 36.4. The van der Waals surface area contributed by atoms with Crippen molar-refractivity contribution in [2.45, 2.75) is 6.18 Å². The highest BCUT2D eigenvalue weighted by Gasteiger charge is 2.34. The van der Waals surface area contributed by atoms with Crippen molar-refractivity contribution in [3.63, 3.8) is 0 Å². The Morgan fingerprint density at radius 3 is 2.54 bits per heavy atom. The average Bonchev–Trinajstić information content (AvgIpc) is 2.02. The van der Waals surface area contributed by atoms with Crippen LogP contribution >= 0.6 is 11.6 Å². The van der Waals surface area contributed by atoms with Crippen LogP contribution in [0.25, 0.3) is 0 Å². The van der Waals surface area contributed by atoms with Gasteiger partial charge in [0.2, 0.25) is 0 Å². The van der Waals surface area contributed by atoms with Crippen LogP contribution in [0.15, 0.2) is 6.07 Å². The summed E-state index contributed by atoms with van der Waals surface area (Å²) in [6.45, 7) is 0. The summed E-state index contributed by atoms with van der Waals surface area (Å²) in [5, 5.41) is 7.74. The molecule has 66 valence electrons. The fourth-order valence-electron chi connectivity index (χ4n) is 0.710. The fraction of sp³-hybridized carbons (Fsp3) is 0.125. The molecule has 0 saturated carbocycles. The van der Waals surface area contributed by atoms with Crippen molar-refractivity contribution in [2.24, 2.45) is 0 Å². The number of hydrogen-bond donors (Lipinski definition) is 0. The van der Waals surface area contributed by atoms with Gasteiger partial charge < -0.3 is 0 Å². The number of alkyl halides is 3. The molecule has 0 fully saturated rings. The lowest BCUT2D eigenvalue weighted by Gasteiger charge is -2.05. The molecule has 5 heteroatoms. The van der Waals surface area contributed by atoms with Crippen LogP contribution in [-0.2, 0) is 6.18 Å². The molecule has 13 heavy (non-hydrogen) atoms. The standard InChI is InChI=1S/C8HClF3N/c9-7-5(4-13)2-1-3-6(7)8(10,11)12/h2H. The molecule has 1 nitrogen and oxygen atoms in total. The van der Waals surface area contributed by atoms with Crippen molar-refractivity contribution >= 4 is 11.6 Å². The minimum atomic E-state index is -4.60. The molecule has 0 aromatic heterocycles. The van der Waals surface area contributed by atoms with E-state index in [-0.39, 0.29) is 5.56 Å². The smallest absolute Gasteiger partial charge is 0.192 e. The zero-order chi connectivity index (χ0) is 10.1. The maximum Gasteiger partial charge on any atom is 0.425 e. The minimum Gasteiger partial charge on any atom is -0.192 e. The predicted molar refractivity (Wildman–Crippen MR) is 38.8 cm³/mol. The minimum absolute atomic E-state index is 0.257. The molecule has 1 aromatic rings. The van der Waals surface area contributed by atoms with E-state index in [1.807, 2.05) is 6.07 Å². The quantitative estimate of drug-likeness (QED) is 0.636. The van der Waals surface area contributed by atoms with Crippen molar-refractivity contribution in [2.75, 3.05) is 0 Å². The van der Waals surface area contributed by atoms with Crippen molar-refractivity contribution in [3.05, 3.63) is 34.3 Å². The van der Waals surface area contributed by atoms with Gasteiger partial charge in [0, 0.05) is 6.07 Å². The number of halogens is 4. The van der Waals surface area contributed by atoms with Gasteiger partial charge in [-0.25, -0.2) is 0 Å². The monoisotopic (exact) mass is 203 g/mol. The maximum absolute atomic E-state index is 12.1. The molecule has 0 aliphatic carbocycles. The van der Waals surface area contributed by atoms with Gasteiger partial charge in [-0.2, -0.15) is 18.4 Å². The predicted octanol–water partition coefficient (Wildman–Crippen LogP) is 2.83. The molecule has 0 heterocycles. The van der Waals surface area contributed by atoms with Gasteiger partial charge in [0.25, 0.3) is 0 Å². The molecule has 0 amide bonds. The fourth-order valence-corrected chi connectivity index (χ4v) is 0.961. The Balaban J connectivity index is 3.34. The van der Waals surface area contributed by atoms with Crippen molar-refractivity contribution < 1.29 is 13.2 Å². The number of hydrogen-bond acceptors (Lipinski definition) is 1. The normalized spacial score (nSPS) is 10.4. The van der Waals surface area contributed by atoms with Crippen LogP contribution in [0.5, 0.6) is 0 Å². The Hall–Kier alpha value is -1.39. The van der Waals surface area contributed by atoms with E-state index >= 15 is 0 Å². The summed E-state index contributed by atoms with van der Waals surface area (Å²) in [5.41, 5.74) is -1.42. The van der Waals surface area contributed by atoms with E-state index in [1.165, 1.54) is 6.07 Å². The van der Waals surface area contributed by atoms with Crippen LogP contribution in [0.1, 0.15) is 11.1 Å². The number of rotatable bonds is 0. The second-order valence-electron chi connectivity index (χ2n) is 2.13. The molecule has 1 aromatic carbocycles. The molecule has 0 aliphatic rings. The van der Waals surface area contributed by atoms with Crippen LogP contribution in [0, 0.1) is 23.5 Å². The van der Waals surface area contributed by atoms with Gasteiger partial charge >= 0.3 is 6.18 Å². The first kappa shape index (κ1) is 9.70. The SMILES string of the molecule is N#Cc1cc#cc(C(F)(F)F)c1Cl. The Bertz CT molecular complexity index is 365. The molecule has 0 atom stereocenters. The van der Waals surface area contributed by atoms with Gasteiger partial charge in [-0.1, -0.05) is 23.7 Å². The Labute approximate surface area is 77.4 Å². The summed E-state index contributed by atoms with van der Waals surface area (Å²) in [6.07, 6.45) is -4.60. The summed E-state index contributed by atoms with van der Waals surface area (Å²) in [6, 6.07) is 6.47. The van der Waals surface area contributed by atoms with Gasteiger partial charge in [-0.05, 0) is 0 Å². The van der Waals surface area contributed by atoms with Gasteiger partial charge in [0.05, 0.1) is 10.6 Å². The second-order valence-corrected chi connectivity index (χ2v) is 2.50. The highest BCUT2D eigenvalue weighted by molar-refractivity contribution is 6.32. The van der Waals surface area contributed by atoms with Gasteiger partial charge in [-0.3, -0.25) is 0 Å². The first-order valence-electron chi connectivity index (χ1n) is 3.06. The zero-order valence-electron chi connectivity index (χ0n) is 6.04. The molecular weight excluding hydrogens is 203 g/mol. The third-order valence-corrected chi connectivity index (χ3v) is 1.67. The molecular formula is C8HClF3N. The largest absolute Gasteiger partial charge is 0.425 e. The van der Waals surface area contributed by atoms with Crippen LogP contribution < -0.4 is 0 Å². The molecule has 0 spiro atoms. The van der Waals surface area contributed by atoms with Crippen LogP contribution in [0.2, 0.25) is 5.02 Å². The highest BCUT2D eigenvalue weighted by Crippen LogP contribution is 2.34. The molecule has 1 rings (SSSR count). The molecule has 0 bridgehead atoms. The van der Waals surface area contributed by atoms with E-state index in [0.717, 1.165) is 6.07 Å². The van der Waals surface area contributed by atoms with Gasteiger partial charge in [0.1, 0.15) is 11.6 Å². The molecule has 0 N–H and O–H groups in total. The number of nitrogens with zero attached hydrogens (tertiary/aromatic N) is 1. The van der Waals surface area contributed by atoms with Crippen molar-refractivity contribution in [1.29, 1.82) is 5.26 Å². The summed E-state index contributed by atoms with van der Waals surface area (Å²) in [5.74, 6) is 0. The first-order valence-corrected chi connectivity index (χ1v) is 3.43. The molecule has 0 saturated heterocycles. The first-order chi connectivity index (χ1) is 5.96. The summed E-state index contributed by atoms with van der Waals surface area (Å²) >= 11 is 5.30. The van der Waals surface area contributed by atoms with Crippen LogP contribution in [-0.4, -0.2) is 0 Å². The summed E-state index contributed by atoms with van der Waals surface area (Å²) in [4.78, 5) is 0.